The van der Waals surface area contributed by atoms with Gasteiger partial charge in [-0.25, -0.2) is 4.98 Å². The molecular formula is C19H26N2O2S. The number of carbonyl (C=O) groups is 1. The Hall–Kier alpha value is -1.72. The van der Waals surface area contributed by atoms with Gasteiger partial charge in [0.05, 0.1) is 12.1 Å². The third-order valence-corrected chi connectivity index (χ3v) is 4.34. The lowest BCUT2D eigenvalue weighted by Gasteiger charge is -2.07. The Labute approximate surface area is 148 Å². The van der Waals surface area contributed by atoms with E-state index in [0.717, 1.165) is 29.3 Å². The zero-order valence-corrected chi connectivity index (χ0v) is 15.5. The fourth-order valence-electron chi connectivity index (χ4n) is 2.25. The molecule has 1 N–H and O–H groups in total. The highest BCUT2D eigenvalue weighted by Crippen LogP contribution is 2.24. The van der Waals surface area contributed by atoms with Crippen LogP contribution in [0, 0.1) is 12.8 Å². The molecule has 1 aromatic heterocycles. The van der Waals surface area contributed by atoms with E-state index in [9.17, 15) is 4.79 Å². The zero-order chi connectivity index (χ0) is 17.4. The Balaban J connectivity index is 1.73. The van der Waals surface area contributed by atoms with Crippen LogP contribution in [0.15, 0.2) is 29.6 Å². The molecule has 2 rings (SSSR count). The molecule has 0 atom stereocenters. The van der Waals surface area contributed by atoms with Gasteiger partial charge in [0.15, 0.2) is 0 Å². The lowest BCUT2D eigenvalue weighted by molar-refractivity contribution is -0.120. The molecule has 0 saturated carbocycles. The van der Waals surface area contributed by atoms with Crippen LogP contribution < -0.4 is 5.32 Å². The van der Waals surface area contributed by atoms with Crippen LogP contribution in [0.3, 0.4) is 0 Å². The second-order valence-electron chi connectivity index (χ2n) is 6.36. The highest BCUT2D eigenvalue weighted by Gasteiger charge is 2.09. The van der Waals surface area contributed by atoms with Crippen molar-refractivity contribution in [3.8, 4) is 10.6 Å². The largest absolute Gasteiger partial charge is 0.381 e. The van der Waals surface area contributed by atoms with Crippen molar-refractivity contribution in [3.63, 3.8) is 0 Å². The van der Waals surface area contributed by atoms with Crippen LogP contribution >= 0.6 is 11.3 Å². The number of aromatic nitrogens is 1. The average molecular weight is 346 g/mol. The summed E-state index contributed by atoms with van der Waals surface area (Å²) in [6.45, 7) is 8.42. The third-order valence-electron chi connectivity index (χ3n) is 3.40. The Bertz CT molecular complexity index is 652. The Morgan fingerprint density at radius 2 is 2.21 bits per heavy atom. The van der Waals surface area contributed by atoms with Gasteiger partial charge in [-0.1, -0.05) is 37.6 Å². The number of rotatable bonds is 9. The molecule has 0 bridgehead atoms. The van der Waals surface area contributed by atoms with Gasteiger partial charge in [-0.3, -0.25) is 4.79 Å². The van der Waals surface area contributed by atoms with Gasteiger partial charge in [0.1, 0.15) is 5.01 Å². The molecule has 0 aliphatic heterocycles. The SMILES string of the molecule is Cc1cccc(-c2nc(CC(=O)NCCCOCC(C)C)cs2)c1. The Kier molecular flexibility index (Phi) is 7.40. The quantitative estimate of drug-likeness (QED) is 0.702. The summed E-state index contributed by atoms with van der Waals surface area (Å²) < 4.78 is 5.50. The van der Waals surface area contributed by atoms with Gasteiger partial charge in [-0.15, -0.1) is 11.3 Å². The van der Waals surface area contributed by atoms with E-state index in [4.69, 9.17) is 4.74 Å². The smallest absolute Gasteiger partial charge is 0.226 e. The van der Waals surface area contributed by atoms with Gasteiger partial charge in [0.25, 0.3) is 0 Å². The van der Waals surface area contributed by atoms with E-state index in [1.807, 2.05) is 17.5 Å². The van der Waals surface area contributed by atoms with Gasteiger partial charge in [0.2, 0.25) is 5.91 Å². The van der Waals surface area contributed by atoms with Crippen molar-refractivity contribution in [3.05, 3.63) is 40.9 Å². The summed E-state index contributed by atoms with van der Waals surface area (Å²) in [4.78, 5) is 16.5. The van der Waals surface area contributed by atoms with Gasteiger partial charge in [-0.05, 0) is 25.3 Å². The first kappa shape index (κ1) is 18.6. The molecule has 1 amide bonds. The number of amides is 1. The number of thiazole rings is 1. The molecule has 0 aliphatic rings. The highest BCUT2D eigenvalue weighted by atomic mass is 32.1. The topological polar surface area (TPSA) is 51.2 Å². The zero-order valence-electron chi connectivity index (χ0n) is 14.7. The first-order chi connectivity index (χ1) is 11.5. The monoisotopic (exact) mass is 346 g/mol. The van der Waals surface area contributed by atoms with E-state index in [1.165, 1.54) is 5.56 Å². The molecule has 4 nitrogen and oxygen atoms in total. The third kappa shape index (κ3) is 6.42. The van der Waals surface area contributed by atoms with Crippen molar-refractivity contribution in [1.29, 1.82) is 0 Å². The van der Waals surface area contributed by atoms with Crippen LogP contribution in [-0.4, -0.2) is 30.6 Å². The number of hydrogen-bond donors (Lipinski definition) is 1. The maximum absolute atomic E-state index is 12.0. The van der Waals surface area contributed by atoms with Crippen LogP contribution in [-0.2, 0) is 16.0 Å². The number of benzene rings is 1. The molecule has 0 fully saturated rings. The van der Waals surface area contributed by atoms with E-state index < -0.39 is 0 Å². The standard InChI is InChI=1S/C19H26N2O2S/c1-14(2)12-23-9-5-8-20-18(22)11-17-13-24-19(21-17)16-7-4-6-15(3)10-16/h4,6-7,10,13-14H,5,8-9,11-12H2,1-3H3,(H,20,22). The minimum absolute atomic E-state index is 0.0138. The first-order valence-corrected chi connectivity index (χ1v) is 9.28. The van der Waals surface area contributed by atoms with Crippen molar-refractivity contribution in [2.24, 2.45) is 5.92 Å². The molecule has 0 saturated heterocycles. The summed E-state index contributed by atoms with van der Waals surface area (Å²) in [5, 5.41) is 5.85. The molecule has 2 aromatic rings. The molecule has 0 spiro atoms. The number of aryl methyl sites for hydroxylation is 1. The molecule has 0 aliphatic carbocycles. The molecule has 130 valence electrons. The number of ether oxygens (including phenoxy) is 1. The van der Waals surface area contributed by atoms with Crippen LogP contribution in [0.4, 0.5) is 0 Å². The van der Waals surface area contributed by atoms with Crippen molar-refractivity contribution >= 4 is 17.2 Å². The summed E-state index contributed by atoms with van der Waals surface area (Å²) in [5.41, 5.74) is 3.14. The van der Waals surface area contributed by atoms with E-state index in [2.05, 4.69) is 43.2 Å². The highest BCUT2D eigenvalue weighted by molar-refractivity contribution is 7.13. The number of nitrogens with one attached hydrogen (secondary N) is 1. The van der Waals surface area contributed by atoms with E-state index >= 15 is 0 Å². The van der Waals surface area contributed by atoms with Gasteiger partial charge >= 0.3 is 0 Å². The van der Waals surface area contributed by atoms with Crippen LogP contribution in [0.5, 0.6) is 0 Å². The van der Waals surface area contributed by atoms with Gasteiger partial charge in [-0.2, -0.15) is 0 Å². The van der Waals surface area contributed by atoms with Crippen LogP contribution in [0.2, 0.25) is 0 Å². The predicted molar refractivity (Wildman–Crippen MR) is 99.3 cm³/mol. The summed E-state index contributed by atoms with van der Waals surface area (Å²) in [6, 6.07) is 8.25. The van der Waals surface area contributed by atoms with Gasteiger partial charge < -0.3 is 10.1 Å². The molecule has 5 heteroatoms. The molecule has 1 aromatic carbocycles. The summed E-state index contributed by atoms with van der Waals surface area (Å²) in [5.74, 6) is 0.562. The van der Waals surface area contributed by atoms with Gasteiger partial charge in [0, 0.05) is 30.7 Å². The van der Waals surface area contributed by atoms with Crippen molar-refractivity contribution in [1.82, 2.24) is 10.3 Å². The average Bonchev–Trinajstić information content (AvgIpc) is 2.99. The molecule has 1 heterocycles. The first-order valence-electron chi connectivity index (χ1n) is 8.40. The second kappa shape index (κ2) is 9.55. The summed E-state index contributed by atoms with van der Waals surface area (Å²) in [6.07, 6.45) is 1.17. The lowest BCUT2D eigenvalue weighted by Crippen LogP contribution is -2.27. The van der Waals surface area contributed by atoms with E-state index in [1.54, 1.807) is 11.3 Å². The number of nitrogens with zero attached hydrogens (tertiary/aromatic N) is 1. The summed E-state index contributed by atoms with van der Waals surface area (Å²) in [7, 11) is 0. The maximum atomic E-state index is 12.0. The van der Waals surface area contributed by atoms with E-state index in [0.29, 0.717) is 25.5 Å². The molecule has 24 heavy (non-hydrogen) atoms. The minimum atomic E-state index is 0.0138. The summed E-state index contributed by atoms with van der Waals surface area (Å²) >= 11 is 1.58. The van der Waals surface area contributed by atoms with Crippen molar-refractivity contribution < 1.29 is 9.53 Å². The van der Waals surface area contributed by atoms with Crippen LogP contribution in [0.25, 0.3) is 10.6 Å². The normalized spacial score (nSPS) is 11.0. The minimum Gasteiger partial charge on any atom is -0.381 e. The number of carbonyl (C=O) groups excluding carboxylic acids is 1. The molecule has 0 unspecified atom stereocenters. The molecule has 0 radical (unpaired) electrons. The fraction of sp³-hybridized carbons (Fsp3) is 0.474. The Morgan fingerprint density at radius 3 is 2.96 bits per heavy atom. The second-order valence-corrected chi connectivity index (χ2v) is 7.22. The van der Waals surface area contributed by atoms with Crippen LogP contribution in [0.1, 0.15) is 31.5 Å². The van der Waals surface area contributed by atoms with E-state index in [-0.39, 0.29) is 5.91 Å². The fourth-order valence-corrected chi connectivity index (χ4v) is 3.06. The maximum Gasteiger partial charge on any atom is 0.226 e. The van der Waals surface area contributed by atoms with Crippen molar-refractivity contribution in [2.75, 3.05) is 19.8 Å². The molecular weight excluding hydrogens is 320 g/mol. The predicted octanol–water partition coefficient (Wildman–Crippen LogP) is 3.84. The lowest BCUT2D eigenvalue weighted by atomic mass is 10.1. The Morgan fingerprint density at radius 1 is 1.38 bits per heavy atom. The van der Waals surface area contributed by atoms with Crippen molar-refractivity contribution in [2.45, 2.75) is 33.6 Å². The number of hydrogen-bond acceptors (Lipinski definition) is 4.